The lowest BCUT2D eigenvalue weighted by atomic mass is 10.1. The molecule has 3 nitrogen and oxygen atoms in total. The maximum Gasteiger partial charge on any atom is 0.101 e. The van der Waals surface area contributed by atoms with Crippen LogP contribution in [0.1, 0.15) is 12.5 Å². The second-order valence-electron chi connectivity index (χ2n) is 3.05. The minimum absolute atomic E-state index is 0.131. The van der Waals surface area contributed by atoms with E-state index in [1.54, 1.807) is 18.2 Å². The molecular weight excluding hydrogens is 174 g/mol. The van der Waals surface area contributed by atoms with Crippen molar-refractivity contribution < 1.29 is 0 Å². The molecule has 0 bridgehead atoms. The number of benzene rings is 1. The second-order valence-corrected chi connectivity index (χ2v) is 3.05. The Kier molecular flexibility index (Phi) is 3.14. The Bertz CT molecular complexity index is 377. The second kappa shape index (κ2) is 4.33. The molecule has 0 aliphatic carbocycles. The Morgan fingerprint density at radius 3 is 2.93 bits per heavy atom. The van der Waals surface area contributed by atoms with Gasteiger partial charge in [0.1, 0.15) is 6.07 Å². The zero-order valence-electron chi connectivity index (χ0n) is 8.12. The van der Waals surface area contributed by atoms with Gasteiger partial charge in [0, 0.05) is 6.04 Å². The molecule has 0 aliphatic rings. The van der Waals surface area contributed by atoms with Crippen molar-refractivity contribution in [3.63, 3.8) is 0 Å². The van der Waals surface area contributed by atoms with Gasteiger partial charge in [-0.05, 0) is 19.1 Å². The molecule has 72 valence electrons. The summed E-state index contributed by atoms with van der Waals surface area (Å²) in [5.74, 6) is 0. The molecule has 1 aromatic rings. The summed E-state index contributed by atoms with van der Waals surface area (Å²) in [6.45, 7) is 5.62. The van der Waals surface area contributed by atoms with Gasteiger partial charge in [0.15, 0.2) is 0 Å². The first kappa shape index (κ1) is 10.1. The molecule has 1 aromatic carbocycles. The number of hydrogen-bond acceptors (Lipinski definition) is 3. The van der Waals surface area contributed by atoms with Crippen LogP contribution in [0.2, 0.25) is 0 Å². The molecule has 1 atom stereocenters. The SMILES string of the molecule is C=CC(C)Nc1cccc(C#N)c1N. The lowest BCUT2D eigenvalue weighted by Gasteiger charge is -2.13. The zero-order chi connectivity index (χ0) is 10.6. The van der Waals surface area contributed by atoms with Gasteiger partial charge in [0.05, 0.1) is 16.9 Å². The van der Waals surface area contributed by atoms with Crippen molar-refractivity contribution in [3.05, 3.63) is 36.4 Å². The molecule has 3 heteroatoms. The van der Waals surface area contributed by atoms with Crippen LogP contribution in [0.4, 0.5) is 11.4 Å². The van der Waals surface area contributed by atoms with Gasteiger partial charge in [-0.1, -0.05) is 12.1 Å². The van der Waals surface area contributed by atoms with E-state index >= 15 is 0 Å². The number of rotatable bonds is 3. The Labute approximate surface area is 83.8 Å². The van der Waals surface area contributed by atoms with Crippen molar-refractivity contribution in [1.82, 2.24) is 0 Å². The molecular formula is C11H13N3. The summed E-state index contributed by atoms with van der Waals surface area (Å²) in [7, 11) is 0. The first-order chi connectivity index (χ1) is 6.69. The number of nitrogens with two attached hydrogens (primary N) is 1. The Balaban J connectivity index is 2.99. The number of nitrogen functional groups attached to an aromatic ring is 1. The highest BCUT2D eigenvalue weighted by atomic mass is 14.9. The van der Waals surface area contributed by atoms with Crippen molar-refractivity contribution in [2.45, 2.75) is 13.0 Å². The minimum Gasteiger partial charge on any atom is -0.396 e. The van der Waals surface area contributed by atoms with Crippen molar-refractivity contribution >= 4 is 11.4 Å². The molecule has 0 spiro atoms. The molecule has 0 aromatic heterocycles. The first-order valence-electron chi connectivity index (χ1n) is 4.36. The molecule has 3 N–H and O–H groups in total. The quantitative estimate of drug-likeness (QED) is 0.563. The maximum atomic E-state index is 8.76. The van der Waals surface area contributed by atoms with Crippen LogP contribution in [-0.2, 0) is 0 Å². The number of nitrogens with zero attached hydrogens (tertiary/aromatic N) is 1. The Morgan fingerprint density at radius 1 is 1.64 bits per heavy atom. The van der Waals surface area contributed by atoms with Crippen LogP contribution >= 0.6 is 0 Å². The third-order valence-electron chi connectivity index (χ3n) is 1.96. The van der Waals surface area contributed by atoms with Gasteiger partial charge >= 0.3 is 0 Å². The highest BCUT2D eigenvalue weighted by Gasteiger charge is 2.04. The van der Waals surface area contributed by atoms with E-state index in [1.165, 1.54) is 0 Å². The molecule has 0 amide bonds. The average Bonchev–Trinajstić information content (AvgIpc) is 2.21. The van der Waals surface area contributed by atoms with Crippen LogP contribution in [0, 0.1) is 11.3 Å². The van der Waals surface area contributed by atoms with E-state index in [-0.39, 0.29) is 6.04 Å². The Hall–Kier alpha value is -1.95. The largest absolute Gasteiger partial charge is 0.396 e. The van der Waals surface area contributed by atoms with E-state index in [9.17, 15) is 0 Å². The number of hydrogen-bond donors (Lipinski definition) is 2. The summed E-state index contributed by atoms with van der Waals surface area (Å²) in [6, 6.07) is 7.50. The molecule has 0 heterocycles. The lowest BCUT2D eigenvalue weighted by molar-refractivity contribution is 1.00. The lowest BCUT2D eigenvalue weighted by Crippen LogP contribution is -2.13. The molecule has 1 unspecified atom stereocenters. The number of para-hydroxylation sites is 1. The van der Waals surface area contributed by atoms with Crippen LogP contribution in [0.5, 0.6) is 0 Å². The predicted molar refractivity (Wildman–Crippen MR) is 58.9 cm³/mol. The van der Waals surface area contributed by atoms with E-state index in [2.05, 4.69) is 11.9 Å². The van der Waals surface area contributed by atoms with Crippen molar-refractivity contribution in [2.24, 2.45) is 0 Å². The number of nitrogens with one attached hydrogen (secondary N) is 1. The first-order valence-corrected chi connectivity index (χ1v) is 4.36. The normalized spacial score (nSPS) is 11.4. The van der Waals surface area contributed by atoms with E-state index in [4.69, 9.17) is 11.0 Å². The van der Waals surface area contributed by atoms with Crippen LogP contribution < -0.4 is 11.1 Å². The third kappa shape index (κ3) is 2.05. The minimum atomic E-state index is 0.131. The van der Waals surface area contributed by atoms with Gasteiger partial charge < -0.3 is 11.1 Å². The fourth-order valence-corrected chi connectivity index (χ4v) is 1.09. The standard InChI is InChI=1S/C11H13N3/c1-3-8(2)14-10-6-4-5-9(7-12)11(10)13/h3-6,8,14H,1,13H2,2H3. The van der Waals surface area contributed by atoms with Crippen LogP contribution in [-0.4, -0.2) is 6.04 Å². The summed E-state index contributed by atoms with van der Waals surface area (Å²) in [5, 5.41) is 11.9. The van der Waals surface area contributed by atoms with Gasteiger partial charge in [0.25, 0.3) is 0 Å². The number of anilines is 2. The molecule has 1 rings (SSSR count). The van der Waals surface area contributed by atoms with Gasteiger partial charge in [-0.15, -0.1) is 6.58 Å². The Morgan fingerprint density at radius 2 is 2.36 bits per heavy atom. The zero-order valence-corrected chi connectivity index (χ0v) is 8.12. The summed E-state index contributed by atoms with van der Waals surface area (Å²) in [4.78, 5) is 0. The van der Waals surface area contributed by atoms with Gasteiger partial charge in [-0.25, -0.2) is 0 Å². The van der Waals surface area contributed by atoms with Crippen molar-refractivity contribution in [2.75, 3.05) is 11.1 Å². The summed E-state index contributed by atoms with van der Waals surface area (Å²) in [5.41, 5.74) is 7.53. The van der Waals surface area contributed by atoms with E-state index in [0.717, 1.165) is 5.69 Å². The third-order valence-corrected chi connectivity index (χ3v) is 1.96. The average molecular weight is 187 g/mol. The van der Waals surface area contributed by atoms with Crippen molar-refractivity contribution in [1.29, 1.82) is 5.26 Å². The van der Waals surface area contributed by atoms with E-state index in [1.807, 2.05) is 19.1 Å². The number of nitriles is 1. The molecule has 0 fully saturated rings. The summed E-state index contributed by atoms with van der Waals surface area (Å²) < 4.78 is 0. The molecule has 0 aliphatic heterocycles. The fourth-order valence-electron chi connectivity index (χ4n) is 1.09. The molecule has 0 radical (unpaired) electrons. The summed E-state index contributed by atoms with van der Waals surface area (Å²) >= 11 is 0. The van der Waals surface area contributed by atoms with Gasteiger partial charge in [-0.3, -0.25) is 0 Å². The van der Waals surface area contributed by atoms with Crippen LogP contribution in [0.15, 0.2) is 30.9 Å². The van der Waals surface area contributed by atoms with Crippen LogP contribution in [0.25, 0.3) is 0 Å². The predicted octanol–water partition coefficient (Wildman–Crippen LogP) is 2.13. The maximum absolute atomic E-state index is 8.76. The van der Waals surface area contributed by atoms with E-state index < -0.39 is 0 Å². The van der Waals surface area contributed by atoms with Gasteiger partial charge in [-0.2, -0.15) is 5.26 Å². The highest BCUT2D eigenvalue weighted by molar-refractivity contribution is 5.73. The highest BCUT2D eigenvalue weighted by Crippen LogP contribution is 2.22. The van der Waals surface area contributed by atoms with Crippen LogP contribution in [0.3, 0.4) is 0 Å². The molecule has 0 saturated heterocycles. The summed E-state index contributed by atoms with van der Waals surface area (Å²) in [6.07, 6.45) is 1.78. The van der Waals surface area contributed by atoms with Crippen molar-refractivity contribution in [3.8, 4) is 6.07 Å². The molecule has 0 saturated carbocycles. The topological polar surface area (TPSA) is 61.8 Å². The smallest absolute Gasteiger partial charge is 0.101 e. The monoisotopic (exact) mass is 187 g/mol. The molecule has 14 heavy (non-hydrogen) atoms. The van der Waals surface area contributed by atoms with Gasteiger partial charge in [0.2, 0.25) is 0 Å². The van der Waals surface area contributed by atoms with E-state index in [0.29, 0.717) is 11.3 Å². The fraction of sp³-hybridized carbons (Fsp3) is 0.182.